The normalized spacial score (nSPS) is 10.8. The van der Waals surface area contributed by atoms with E-state index >= 15 is 0 Å². The minimum Gasteiger partial charge on any atom is -0.332 e. The quantitative estimate of drug-likeness (QED) is 0.481. The molecule has 4 aromatic rings. The van der Waals surface area contributed by atoms with E-state index in [2.05, 4.69) is 25.9 Å². The van der Waals surface area contributed by atoms with Crippen molar-refractivity contribution in [1.82, 2.24) is 25.1 Å². The van der Waals surface area contributed by atoms with Gasteiger partial charge in [0.15, 0.2) is 5.11 Å². The number of amides is 1. The Morgan fingerprint density at radius 1 is 1.21 bits per heavy atom. The molecule has 0 fully saturated rings. The Balaban J connectivity index is 1.40. The van der Waals surface area contributed by atoms with Crippen LogP contribution in [0.15, 0.2) is 48.8 Å². The number of rotatable bonds is 3. The SMILES string of the molecule is Cc1ccc(C(=O)NC(=S)Nc2ccc(-c3nn4cnnc4s3)cc2)cc1Cl. The zero-order valence-corrected chi connectivity index (χ0v) is 16.9. The van der Waals surface area contributed by atoms with Gasteiger partial charge in [-0.25, -0.2) is 0 Å². The van der Waals surface area contributed by atoms with Gasteiger partial charge in [-0.2, -0.15) is 9.61 Å². The lowest BCUT2D eigenvalue weighted by molar-refractivity contribution is 0.0977. The number of benzene rings is 2. The Bertz CT molecular complexity index is 1160. The second-order valence-corrected chi connectivity index (χ2v) is 7.69. The Labute approximate surface area is 174 Å². The largest absolute Gasteiger partial charge is 0.332 e. The number of carbonyl (C=O) groups is 1. The van der Waals surface area contributed by atoms with Gasteiger partial charge in [-0.3, -0.25) is 10.1 Å². The number of halogens is 1. The van der Waals surface area contributed by atoms with Crippen LogP contribution in [0.1, 0.15) is 15.9 Å². The summed E-state index contributed by atoms with van der Waals surface area (Å²) in [6.07, 6.45) is 1.56. The summed E-state index contributed by atoms with van der Waals surface area (Å²) in [5.74, 6) is -0.323. The molecule has 0 atom stereocenters. The monoisotopic (exact) mass is 428 g/mol. The number of anilines is 1. The third-order valence-corrected chi connectivity index (χ3v) is 5.51. The van der Waals surface area contributed by atoms with Gasteiger partial charge in [-0.05, 0) is 61.1 Å². The zero-order chi connectivity index (χ0) is 19.7. The van der Waals surface area contributed by atoms with E-state index in [9.17, 15) is 4.79 Å². The van der Waals surface area contributed by atoms with Gasteiger partial charge in [0, 0.05) is 21.8 Å². The zero-order valence-electron chi connectivity index (χ0n) is 14.5. The summed E-state index contributed by atoms with van der Waals surface area (Å²) in [6, 6.07) is 12.7. The lowest BCUT2D eigenvalue weighted by atomic mass is 10.1. The van der Waals surface area contributed by atoms with Crippen molar-refractivity contribution in [1.29, 1.82) is 0 Å². The van der Waals surface area contributed by atoms with E-state index in [4.69, 9.17) is 23.8 Å². The van der Waals surface area contributed by atoms with Crippen LogP contribution in [0.3, 0.4) is 0 Å². The van der Waals surface area contributed by atoms with Gasteiger partial charge in [0.2, 0.25) is 4.96 Å². The molecule has 4 rings (SSSR count). The number of aromatic nitrogens is 4. The van der Waals surface area contributed by atoms with Crippen LogP contribution in [0, 0.1) is 6.92 Å². The number of thiocarbonyl (C=S) groups is 1. The first-order valence-electron chi connectivity index (χ1n) is 8.15. The maximum atomic E-state index is 12.3. The minimum atomic E-state index is -0.323. The molecule has 7 nitrogen and oxygen atoms in total. The summed E-state index contributed by atoms with van der Waals surface area (Å²) in [6.45, 7) is 1.88. The molecule has 0 bridgehead atoms. The number of aryl methyl sites for hydroxylation is 1. The predicted octanol–water partition coefficient (Wildman–Crippen LogP) is 3.94. The molecule has 10 heteroatoms. The summed E-state index contributed by atoms with van der Waals surface area (Å²) in [5, 5.41) is 19.4. The van der Waals surface area contributed by atoms with Crippen molar-refractivity contribution in [3.63, 3.8) is 0 Å². The number of hydrogen-bond donors (Lipinski definition) is 2. The number of carbonyl (C=O) groups excluding carboxylic acids is 1. The number of nitrogens with zero attached hydrogens (tertiary/aromatic N) is 4. The highest BCUT2D eigenvalue weighted by Gasteiger charge is 2.11. The number of fused-ring (bicyclic) bond motifs is 1. The summed E-state index contributed by atoms with van der Waals surface area (Å²) < 4.78 is 1.63. The highest BCUT2D eigenvalue weighted by Crippen LogP contribution is 2.25. The van der Waals surface area contributed by atoms with Crippen LogP contribution in [0.5, 0.6) is 0 Å². The first-order chi connectivity index (χ1) is 13.5. The summed E-state index contributed by atoms with van der Waals surface area (Å²) in [5.41, 5.74) is 3.05. The average Bonchev–Trinajstić information content (AvgIpc) is 3.26. The molecule has 140 valence electrons. The Kier molecular flexibility index (Phi) is 5.03. The van der Waals surface area contributed by atoms with Crippen molar-refractivity contribution in [3.8, 4) is 10.6 Å². The van der Waals surface area contributed by atoms with Crippen LogP contribution >= 0.6 is 35.2 Å². The second-order valence-electron chi connectivity index (χ2n) is 5.91. The fourth-order valence-corrected chi connectivity index (χ4v) is 3.66. The molecule has 2 aromatic carbocycles. The highest BCUT2D eigenvalue weighted by molar-refractivity contribution is 7.80. The first kappa shape index (κ1) is 18.5. The standard InChI is InChI=1S/C18H13ClN6OS2/c1-10-2-3-12(8-14(10)19)15(26)22-17(27)21-13-6-4-11(5-7-13)16-24-25-9-20-23-18(25)28-16/h2-9H,1H3,(H2,21,22,26,27). The van der Waals surface area contributed by atoms with Gasteiger partial charge >= 0.3 is 0 Å². The Morgan fingerprint density at radius 3 is 2.71 bits per heavy atom. The molecule has 2 N–H and O–H groups in total. The summed E-state index contributed by atoms with van der Waals surface area (Å²) in [4.78, 5) is 13.0. The molecule has 2 heterocycles. The van der Waals surface area contributed by atoms with Crippen LogP contribution < -0.4 is 10.6 Å². The molecule has 0 spiro atoms. The van der Waals surface area contributed by atoms with Crippen molar-refractivity contribution in [2.45, 2.75) is 6.92 Å². The maximum absolute atomic E-state index is 12.3. The van der Waals surface area contributed by atoms with Crippen molar-refractivity contribution in [3.05, 3.63) is 64.9 Å². The molecule has 0 saturated heterocycles. The lowest BCUT2D eigenvalue weighted by Gasteiger charge is -2.10. The number of hydrogen-bond acceptors (Lipinski definition) is 6. The molecule has 0 aliphatic carbocycles. The van der Waals surface area contributed by atoms with E-state index in [0.717, 1.165) is 26.8 Å². The Morgan fingerprint density at radius 2 is 2.00 bits per heavy atom. The van der Waals surface area contributed by atoms with Gasteiger partial charge in [-0.1, -0.05) is 29.0 Å². The van der Waals surface area contributed by atoms with Gasteiger partial charge in [0.05, 0.1) is 0 Å². The van der Waals surface area contributed by atoms with Crippen LogP contribution in [-0.2, 0) is 0 Å². The van der Waals surface area contributed by atoms with Gasteiger partial charge in [0.1, 0.15) is 11.3 Å². The van der Waals surface area contributed by atoms with Crippen molar-refractivity contribution < 1.29 is 4.79 Å². The van der Waals surface area contributed by atoms with E-state index < -0.39 is 0 Å². The third-order valence-electron chi connectivity index (χ3n) is 3.94. The van der Waals surface area contributed by atoms with Crippen LogP contribution in [0.2, 0.25) is 5.02 Å². The van der Waals surface area contributed by atoms with Crippen molar-refractivity contribution >= 4 is 56.8 Å². The van der Waals surface area contributed by atoms with E-state index in [1.807, 2.05) is 31.2 Å². The van der Waals surface area contributed by atoms with Crippen molar-refractivity contribution in [2.24, 2.45) is 0 Å². The topological polar surface area (TPSA) is 84.2 Å². The van der Waals surface area contributed by atoms with Gasteiger partial charge in [-0.15, -0.1) is 10.2 Å². The molecule has 0 aliphatic heterocycles. The molecule has 1 amide bonds. The molecular weight excluding hydrogens is 416 g/mol. The van der Waals surface area contributed by atoms with Crippen molar-refractivity contribution in [2.75, 3.05) is 5.32 Å². The van der Waals surface area contributed by atoms with Crippen LogP contribution in [-0.4, -0.2) is 30.8 Å². The average molecular weight is 429 g/mol. The molecule has 0 aliphatic rings. The Hall–Kier alpha value is -2.88. The first-order valence-corrected chi connectivity index (χ1v) is 9.75. The maximum Gasteiger partial charge on any atom is 0.257 e. The third kappa shape index (κ3) is 3.86. The van der Waals surface area contributed by atoms with Gasteiger partial charge in [0.25, 0.3) is 5.91 Å². The molecule has 28 heavy (non-hydrogen) atoms. The second kappa shape index (κ2) is 7.63. The van der Waals surface area contributed by atoms with Crippen LogP contribution in [0.25, 0.3) is 15.5 Å². The molecule has 0 radical (unpaired) electrons. The van der Waals surface area contributed by atoms with E-state index in [0.29, 0.717) is 10.6 Å². The lowest BCUT2D eigenvalue weighted by Crippen LogP contribution is -2.34. The highest BCUT2D eigenvalue weighted by atomic mass is 35.5. The van der Waals surface area contributed by atoms with E-state index in [1.54, 1.807) is 29.0 Å². The fourth-order valence-electron chi connectivity index (χ4n) is 2.44. The minimum absolute atomic E-state index is 0.202. The van der Waals surface area contributed by atoms with Crippen LogP contribution in [0.4, 0.5) is 5.69 Å². The van der Waals surface area contributed by atoms with Gasteiger partial charge < -0.3 is 5.32 Å². The molecule has 0 saturated carbocycles. The predicted molar refractivity (Wildman–Crippen MR) is 114 cm³/mol. The molecule has 2 aromatic heterocycles. The molecular formula is C18H13ClN6OS2. The molecule has 0 unspecified atom stereocenters. The smallest absolute Gasteiger partial charge is 0.257 e. The summed E-state index contributed by atoms with van der Waals surface area (Å²) in [7, 11) is 0. The fraction of sp³-hybridized carbons (Fsp3) is 0.0556. The van der Waals surface area contributed by atoms with E-state index in [-0.39, 0.29) is 11.0 Å². The number of nitrogens with one attached hydrogen (secondary N) is 2. The van der Waals surface area contributed by atoms with E-state index in [1.165, 1.54) is 11.3 Å². The summed E-state index contributed by atoms with van der Waals surface area (Å²) >= 11 is 12.7.